The number of carbonyl (C=O) groups is 1. The molecule has 144 valence electrons. The third-order valence-corrected chi connectivity index (χ3v) is 4.72. The summed E-state index contributed by atoms with van der Waals surface area (Å²) in [6, 6.07) is 8.60. The number of pyridine rings is 1. The summed E-state index contributed by atoms with van der Waals surface area (Å²) in [7, 11) is 0. The zero-order valence-electron chi connectivity index (χ0n) is 15.5. The van der Waals surface area contributed by atoms with Crippen molar-refractivity contribution in [3.8, 4) is 0 Å². The Morgan fingerprint density at radius 3 is 2.67 bits per heavy atom. The Morgan fingerprint density at radius 2 is 1.96 bits per heavy atom. The molecule has 2 aromatic rings. The predicted octanol–water partition coefficient (Wildman–Crippen LogP) is 3.40. The molecule has 0 spiro atoms. The largest absolute Gasteiger partial charge is 0.381 e. The minimum absolute atomic E-state index is 0.163. The van der Waals surface area contributed by atoms with Crippen LogP contribution in [0, 0.1) is 18.7 Å². The lowest BCUT2D eigenvalue weighted by Crippen LogP contribution is -2.32. The van der Waals surface area contributed by atoms with Gasteiger partial charge in [-0.3, -0.25) is 9.78 Å². The van der Waals surface area contributed by atoms with Gasteiger partial charge in [0.1, 0.15) is 11.5 Å². The third kappa shape index (κ3) is 5.84. The van der Waals surface area contributed by atoms with Gasteiger partial charge >= 0.3 is 0 Å². The van der Waals surface area contributed by atoms with Gasteiger partial charge in [0.15, 0.2) is 0 Å². The van der Waals surface area contributed by atoms with Crippen LogP contribution in [-0.4, -0.2) is 30.6 Å². The van der Waals surface area contributed by atoms with E-state index in [0.717, 1.165) is 37.2 Å². The number of amides is 1. The number of carbonyl (C=O) groups excluding carboxylic acids is 1. The fraction of sp³-hybridized carbons (Fsp3) is 0.429. The second kappa shape index (κ2) is 9.58. The van der Waals surface area contributed by atoms with E-state index in [1.54, 1.807) is 25.3 Å². The lowest BCUT2D eigenvalue weighted by molar-refractivity contribution is 0.0642. The Bertz CT molecular complexity index is 759. The van der Waals surface area contributed by atoms with Gasteiger partial charge in [-0.15, -0.1) is 0 Å². The first kappa shape index (κ1) is 19.5. The highest BCUT2D eigenvalue weighted by molar-refractivity contribution is 5.92. The molecule has 1 saturated heterocycles. The first-order chi connectivity index (χ1) is 13.1. The van der Waals surface area contributed by atoms with Crippen LogP contribution in [0.5, 0.6) is 0 Å². The standard InChI is InChI=1S/C21H25FN2O3/c1-15-2-3-17(10-19(15)22)13-27-14-18-4-5-20(23-12-18)21(25)24-11-16-6-8-26-9-7-16/h2-5,10,12,16H,6-9,11,13-14H2,1H3,(H,24,25). The molecule has 1 amide bonds. The second-order valence-electron chi connectivity index (χ2n) is 6.89. The van der Waals surface area contributed by atoms with E-state index in [9.17, 15) is 9.18 Å². The molecule has 1 fully saturated rings. The lowest BCUT2D eigenvalue weighted by atomic mass is 10.0. The summed E-state index contributed by atoms with van der Waals surface area (Å²) in [5.41, 5.74) is 2.67. The van der Waals surface area contributed by atoms with Gasteiger partial charge in [0, 0.05) is 26.0 Å². The Kier molecular flexibility index (Phi) is 6.90. The second-order valence-corrected chi connectivity index (χ2v) is 6.89. The van der Waals surface area contributed by atoms with Gasteiger partial charge in [0.2, 0.25) is 0 Å². The van der Waals surface area contributed by atoms with Crippen LogP contribution >= 0.6 is 0 Å². The van der Waals surface area contributed by atoms with Crippen molar-refractivity contribution in [2.24, 2.45) is 5.92 Å². The monoisotopic (exact) mass is 372 g/mol. The number of ether oxygens (including phenoxy) is 2. The van der Waals surface area contributed by atoms with Crippen molar-refractivity contribution in [1.82, 2.24) is 10.3 Å². The molecule has 0 bridgehead atoms. The minimum atomic E-state index is -0.228. The summed E-state index contributed by atoms with van der Waals surface area (Å²) in [6.07, 6.45) is 3.60. The van der Waals surface area contributed by atoms with Gasteiger partial charge in [-0.25, -0.2) is 4.39 Å². The molecule has 3 rings (SSSR count). The lowest BCUT2D eigenvalue weighted by Gasteiger charge is -2.22. The summed E-state index contributed by atoms with van der Waals surface area (Å²) in [5, 5.41) is 2.94. The van der Waals surface area contributed by atoms with Crippen molar-refractivity contribution in [2.75, 3.05) is 19.8 Å². The topological polar surface area (TPSA) is 60.5 Å². The molecular weight excluding hydrogens is 347 g/mol. The quantitative estimate of drug-likeness (QED) is 0.809. The van der Waals surface area contributed by atoms with E-state index < -0.39 is 0 Å². The number of nitrogens with zero attached hydrogens (tertiary/aromatic N) is 1. The minimum Gasteiger partial charge on any atom is -0.381 e. The number of aryl methyl sites for hydroxylation is 1. The number of aromatic nitrogens is 1. The first-order valence-electron chi connectivity index (χ1n) is 9.25. The maximum atomic E-state index is 13.5. The Morgan fingerprint density at radius 1 is 1.22 bits per heavy atom. The molecule has 27 heavy (non-hydrogen) atoms. The molecule has 1 aliphatic rings. The summed E-state index contributed by atoms with van der Waals surface area (Å²) < 4.78 is 24.5. The molecule has 1 aromatic carbocycles. The molecular formula is C21H25FN2O3. The highest BCUT2D eigenvalue weighted by Crippen LogP contribution is 2.14. The SMILES string of the molecule is Cc1ccc(COCc2ccc(C(=O)NCC3CCOCC3)nc2)cc1F. The zero-order valence-corrected chi connectivity index (χ0v) is 15.5. The van der Waals surface area contributed by atoms with Gasteiger partial charge in [-0.05, 0) is 54.5 Å². The molecule has 0 atom stereocenters. The van der Waals surface area contributed by atoms with E-state index in [-0.39, 0.29) is 11.7 Å². The maximum Gasteiger partial charge on any atom is 0.269 e. The van der Waals surface area contributed by atoms with Crippen LogP contribution in [0.25, 0.3) is 0 Å². The first-order valence-corrected chi connectivity index (χ1v) is 9.25. The Balaban J connectivity index is 1.43. The molecule has 1 aliphatic heterocycles. The highest BCUT2D eigenvalue weighted by atomic mass is 19.1. The summed E-state index contributed by atoms with van der Waals surface area (Å²) in [4.78, 5) is 16.4. The van der Waals surface area contributed by atoms with Gasteiger partial charge in [-0.1, -0.05) is 18.2 Å². The molecule has 6 heteroatoms. The van der Waals surface area contributed by atoms with Crippen LogP contribution in [0.4, 0.5) is 4.39 Å². The highest BCUT2D eigenvalue weighted by Gasteiger charge is 2.15. The molecule has 0 unspecified atom stereocenters. The zero-order chi connectivity index (χ0) is 19.1. The molecule has 1 N–H and O–H groups in total. The predicted molar refractivity (Wildman–Crippen MR) is 99.7 cm³/mol. The van der Waals surface area contributed by atoms with Crippen LogP contribution in [-0.2, 0) is 22.7 Å². The van der Waals surface area contributed by atoms with Crippen molar-refractivity contribution in [3.63, 3.8) is 0 Å². The molecule has 0 saturated carbocycles. The van der Waals surface area contributed by atoms with Crippen molar-refractivity contribution < 1.29 is 18.7 Å². The average Bonchev–Trinajstić information content (AvgIpc) is 2.70. The van der Waals surface area contributed by atoms with Crippen molar-refractivity contribution >= 4 is 5.91 Å². The Hall–Kier alpha value is -2.31. The summed E-state index contributed by atoms with van der Waals surface area (Å²) in [5.74, 6) is 0.0833. The van der Waals surface area contributed by atoms with Crippen molar-refractivity contribution in [2.45, 2.75) is 33.0 Å². The normalized spacial score (nSPS) is 14.9. The maximum absolute atomic E-state index is 13.5. The smallest absolute Gasteiger partial charge is 0.269 e. The summed E-state index contributed by atoms with van der Waals surface area (Å²) >= 11 is 0. The van der Waals surface area contributed by atoms with Crippen LogP contribution in [0.1, 0.15) is 40.0 Å². The van der Waals surface area contributed by atoms with E-state index in [4.69, 9.17) is 9.47 Å². The molecule has 5 nitrogen and oxygen atoms in total. The average molecular weight is 372 g/mol. The van der Waals surface area contributed by atoms with E-state index >= 15 is 0 Å². The van der Waals surface area contributed by atoms with E-state index in [2.05, 4.69) is 10.3 Å². The number of hydrogen-bond donors (Lipinski definition) is 1. The number of rotatable bonds is 7. The van der Waals surface area contributed by atoms with Gasteiger partial charge < -0.3 is 14.8 Å². The van der Waals surface area contributed by atoms with Gasteiger partial charge in [0.05, 0.1) is 13.2 Å². The molecule has 1 aromatic heterocycles. The fourth-order valence-electron chi connectivity index (χ4n) is 2.94. The van der Waals surface area contributed by atoms with Crippen LogP contribution < -0.4 is 5.32 Å². The number of hydrogen-bond acceptors (Lipinski definition) is 4. The van der Waals surface area contributed by atoms with Crippen LogP contribution in [0.3, 0.4) is 0 Å². The van der Waals surface area contributed by atoms with Gasteiger partial charge in [0.25, 0.3) is 5.91 Å². The van der Waals surface area contributed by atoms with E-state index in [0.29, 0.717) is 36.9 Å². The van der Waals surface area contributed by atoms with Crippen molar-refractivity contribution in [1.29, 1.82) is 0 Å². The van der Waals surface area contributed by atoms with E-state index in [1.807, 2.05) is 12.1 Å². The summed E-state index contributed by atoms with van der Waals surface area (Å²) in [6.45, 7) is 4.59. The van der Waals surface area contributed by atoms with E-state index in [1.165, 1.54) is 6.07 Å². The number of nitrogens with one attached hydrogen (secondary N) is 1. The van der Waals surface area contributed by atoms with Gasteiger partial charge in [-0.2, -0.15) is 0 Å². The number of benzene rings is 1. The van der Waals surface area contributed by atoms with Crippen LogP contribution in [0.2, 0.25) is 0 Å². The number of halogens is 1. The molecule has 0 aliphatic carbocycles. The van der Waals surface area contributed by atoms with Crippen LogP contribution in [0.15, 0.2) is 36.5 Å². The van der Waals surface area contributed by atoms with Crippen molar-refractivity contribution in [3.05, 3.63) is 64.7 Å². The molecule has 2 heterocycles. The Labute approximate surface area is 158 Å². The molecule has 0 radical (unpaired) electrons. The fourth-order valence-corrected chi connectivity index (χ4v) is 2.94. The third-order valence-electron chi connectivity index (χ3n) is 4.72.